The van der Waals surface area contributed by atoms with Crippen LogP contribution in [0.2, 0.25) is 10.0 Å². The van der Waals surface area contributed by atoms with Crippen LogP contribution in [0.4, 0.5) is 0 Å². The van der Waals surface area contributed by atoms with Crippen molar-refractivity contribution in [3.8, 4) is 11.5 Å². The van der Waals surface area contributed by atoms with Crippen LogP contribution in [0, 0.1) is 0 Å². The van der Waals surface area contributed by atoms with Crippen LogP contribution in [-0.2, 0) is 6.54 Å². The smallest absolute Gasteiger partial charge is 0.251 e. The van der Waals surface area contributed by atoms with Gasteiger partial charge >= 0.3 is 0 Å². The Labute approximate surface area is 151 Å². The Balaban J connectivity index is 2.03. The standard InChI is InChI=1S/C18H19Cl2NO3/c1-3-8-24-17-15(19)9-13(10-16(17)20)18(22)21-11-12-4-6-14(23-2)7-5-12/h4-7,9-10H,3,8,11H2,1-2H3,(H,21,22). The van der Waals surface area contributed by atoms with E-state index in [1.165, 1.54) is 0 Å². The summed E-state index contributed by atoms with van der Waals surface area (Å²) in [6, 6.07) is 10.6. The number of halogens is 2. The molecule has 0 unspecified atom stereocenters. The maximum atomic E-state index is 12.3. The molecule has 0 heterocycles. The summed E-state index contributed by atoms with van der Waals surface area (Å²) in [5, 5.41) is 3.48. The van der Waals surface area contributed by atoms with Crippen molar-refractivity contribution in [1.82, 2.24) is 5.32 Å². The van der Waals surface area contributed by atoms with Crippen molar-refractivity contribution in [2.75, 3.05) is 13.7 Å². The predicted octanol–water partition coefficient (Wildman–Crippen LogP) is 4.72. The van der Waals surface area contributed by atoms with E-state index in [0.717, 1.165) is 17.7 Å². The zero-order valence-corrected chi connectivity index (χ0v) is 15.1. The normalized spacial score (nSPS) is 10.3. The molecule has 0 aromatic heterocycles. The summed E-state index contributed by atoms with van der Waals surface area (Å²) >= 11 is 12.3. The fraction of sp³-hybridized carbons (Fsp3) is 0.278. The maximum absolute atomic E-state index is 12.3. The van der Waals surface area contributed by atoms with Crippen molar-refractivity contribution in [2.45, 2.75) is 19.9 Å². The molecule has 2 aromatic carbocycles. The summed E-state index contributed by atoms with van der Waals surface area (Å²) in [4.78, 5) is 12.3. The zero-order chi connectivity index (χ0) is 17.5. The Hall–Kier alpha value is -1.91. The summed E-state index contributed by atoms with van der Waals surface area (Å²) < 4.78 is 10.6. The average Bonchev–Trinajstić information content (AvgIpc) is 2.59. The van der Waals surface area contributed by atoms with E-state index in [9.17, 15) is 4.79 Å². The third-order valence-electron chi connectivity index (χ3n) is 3.32. The van der Waals surface area contributed by atoms with Crippen LogP contribution >= 0.6 is 23.2 Å². The number of methoxy groups -OCH3 is 1. The van der Waals surface area contributed by atoms with Crippen LogP contribution in [0.1, 0.15) is 29.3 Å². The van der Waals surface area contributed by atoms with E-state index in [4.69, 9.17) is 32.7 Å². The van der Waals surface area contributed by atoms with Crippen LogP contribution in [0.15, 0.2) is 36.4 Å². The van der Waals surface area contributed by atoms with E-state index in [1.807, 2.05) is 31.2 Å². The van der Waals surface area contributed by atoms with E-state index in [-0.39, 0.29) is 5.91 Å². The Kier molecular flexibility index (Phi) is 6.76. The Morgan fingerprint density at radius 2 is 1.75 bits per heavy atom. The number of benzene rings is 2. The number of carbonyl (C=O) groups excluding carboxylic acids is 1. The molecule has 4 nitrogen and oxygen atoms in total. The van der Waals surface area contributed by atoms with Crippen molar-refractivity contribution in [1.29, 1.82) is 0 Å². The number of hydrogen-bond donors (Lipinski definition) is 1. The van der Waals surface area contributed by atoms with Crippen LogP contribution in [0.5, 0.6) is 11.5 Å². The van der Waals surface area contributed by atoms with Gasteiger partial charge in [0.1, 0.15) is 5.75 Å². The molecule has 0 saturated carbocycles. The lowest BCUT2D eigenvalue weighted by atomic mass is 10.1. The minimum Gasteiger partial charge on any atom is -0.497 e. The van der Waals surface area contributed by atoms with Gasteiger partial charge in [-0.3, -0.25) is 4.79 Å². The minimum atomic E-state index is -0.253. The monoisotopic (exact) mass is 367 g/mol. The second-order valence-corrected chi connectivity index (χ2v) is 5.96. The van der Waals surface area contributed by atoms with Crippen LogP contribution in [-0.4, -0.2) is 19.6 Å². The highest BCUT2D eigenvalue weighted by molar-refractivity contribution is 6.37. The first kappa shape index (κ1) is 18.4. The molecule has 0 aliphatic carbocycles. The fourth-order valence-electron chi connectivity index (χ4n) is 2.06. The van der Waals surface area contributed by atoms with E-state index in [1.54, 1.807) is 19.2 Å². The SMILES string of the molecule is CCCOc1c(Cl)cc(C(=O)NCc2ccc(OC)cc2)cc1Cl. The van der Waals surface area contributed by atoms with Gasteiger partial charge in [0, 0.05) is 12.1 Å². The first-order valence-electron chi connectivity index (χ1n) is 7.58. The fourth-order valence-corrected chi connectivity index (χ4v) is 2.66. The van der Waals surface area contributed by atoms with Gasteiger partial charge in [-0.1, -0.05) is 42.3 Å². The molecule has 24 heavy (non-hydrogen) atoms. The van der Waals surface area contributed by atoms with E-state index < -0.39 is 0 Å². The molecule has 1 N–H and O–H groups in total. The van der Waals surface area contributed by atoms with Gasteiger partial charge in [0.05, 0.1) is 23.8 Å². The highest BCUT2D eigenvalue weighted by Crippen LogP contribution is 2.34. The third-order valence-corrected chi connectivity index (χ3v) is 3.88. The molecule has 1 amide bonds. The molecule has 0 atom stereocenters. The van der Waals surface area contributed by atoms with Crippen LogP contribution < -0.4 is 14.8 Å². The quantitative estimate of drug-likeness (QED) is 0.769. The molecule has 6 heteroatoms. The van der Waals surface area contributed by atoms with Crippen LogP contribution in [0.25, 0.3) is 0 Å². The molecule has 0 fully saturated rings. The molecule has 0 spiro atoms. The number of nitrogens with one attached hydrogen (secondary N) is 1. The van der Waals surface area contributed by atoms with Crippen LogP contribution in [0.3, 0.4) is 0 Å². The summed E-state index contributed by atoms with van der Waals surface area (Å²) in [6.07, 6.45) is 0.844. The van der Waals surface area contributed by atoms with Gasteiger partial charge in [-0.25, -0.2) is 0 Å². The number of hydrogen-bond acceptors (Lipinski definition) is 3. The lowest BCUT2D eigenvalue weighted by Gasteiger charge is -2.11. The molecule has 2 aromatic rings. The summed E-state index contributed by atoms with van der Waals surface area (Å²) in [5.74, 6) is 0.926. The van der Waals surface area contributed by atoms with E-state index in [0.29, 0.717) is 34.5 Å². The lowest BCUT2D eigenvalue weighted by Crippen LogP contribution is -2.22. The van der Waals surface area contributed by atoms with E-state index >= 15 is 0 Å². The van der Waals surface area contributed by atoms with Crippen molar-refractivity contribution in [2.24, 2.45) is 0 Å². The Bertz CT molecular complexity index is 679. The molecule has 0 radical (unpaired) electrons. The van der Waals surface area contributed by atoms with Gasteiger partial charge in [-0.05, 0) is 36.2 Å². The number of carbonyl (C=O) groups is 1. The summed E-state index contributed by atoms with van der Waals surface area (Å²) in [6.45, 7) is 2.90. The highest BCUT2D eigenvalue weighted by Gasteiger charge is 2.14. The molecular weight excluding hydrogens is 349 g/mol. The largest absolute Gasteiger partial charge is 0.497 e. The van der Waals surface area contributed by atoms with Crippen molar-refractivity contribution >= 4 is 29.1 Å². The molecular formula is C18H19Cl2NO3. The van der Waals surface area contributed by atoms with Gasteiger partial charge in [-0.15, -0.1) is 0 Å². The summed E-state index contributed by atoms with van der Waals surface area (Å²) in [5.41, 5.74) is 1.35. The highest BCUT2D eigenvalue weighted by atomic mass is 35.5. The predicted molar refractivity (Wildman–Crippen MR) is 96.4 cm³/mol. The Morgan fingerprint density at radius 1 is 1.12 bits per heavy atom. The van der Waals surface area contributed by atoms with Gasteiger partial charge < -0.3 is 14.8 Å². The first-order valence-corrected chi connectivity index (χ1v) is 8.33. The van der Waals surface area contributed by atoms with Crippen molar-refractivity contribution < 1.29 is 14.3 Å². The second-order valence-electron chi connectivity index (χ2n) is 5.15. The van der Waals surface area contributed by atoms with Gasteiger partial charge in [-0.2, -0.15) is 0 Å². The Morgan fingerprint density at radius 3 is 2.29 bits per heavy atom. The molecule has 2 rings (SSSR count). The summed E-state index contributed by atoms with van der Waals surface area (Å²) in [7, 11) is 1.61. The number of amides is 1. The van der Waals surface area contributed by atoms with Crippen molar-refractivity contribution in [3.05, 3.63) is 57.6 Å². The molecule has 128 valence electrons. The average molecular weight is 368 g/mol. The topological polar surface area (TPSA) is 47.6 Å². The third kappa shape index (κ3) is 4.79. The molecule has 0 bridgehead atoms. The lowest BCUT2D eigenvalue weighted by molar-refractivity contribution is 0.0951. The first-order chi connectivity index (χ1) is 11.5. The van der Waals surface area contributed by atoms with E-state index in [2.05, 4.69) is 5.32 Å². The van der Waals surface area contributed by atoms with Gasteiger partial charge in [0.15, 0.2) is 5.75 Å². The zero-order valence-electron chi connectivity index (χ0n) is 13.6. The molecule has 0 aliphatic heterocycles. The minimum absolute atomic E-state index is 0.253. The molecule has 0 saturated heterocycles. The van der Waals surface area contributed by atoms with Gasteiger partial charge in [0.2, 0.25) is 0 Å². The maximum Gasteiger partial charge on any atom is 0.251 e. The number of ether oxygens (including phenoxy) is 2. The van der Waals surface area contributed by atoms with Gasteiger partial charge in [0.25, 0.3) is 5.91 Å². The number of rotatable bonds is 7. The second kappa shape index (κ2) is 8.81. The molecule has 0 aliphatic rings. The van der Waals surface area contributed by atoms with Crippen molar-refractivity contribution in [3.63, 3.8) is 0 Å².